The molecule has 9 heteroatoms. The molecule has 2 aliphatic carbocycles. The molecule has 2 fully saturated rings. The summed E-state index contributed by atoms with van der Waals surface area (Å²) in [5.74, 6) is 0.107. The largest absolute Gasteiger partial charge is 0.363 e. The molecule has 1 heterocycles. The van der Waals surface area contributed by atoms with Crippen molar-refractivity contribution in [1.29, 1.82) is 0 Å². The van der Waals surface area contributed by atoms with Crippen LogP contribution in [0.25, 0.3) is 0 Å². The standard InChI is InChI=1S/C20H31N3O5S/c1-14(2)6-9-23(12-18(25)21-17-7-10-28-22-17)29(26,27)13-20-8-5-15(11-16(20)24)19(20,3)4/h7,10,14-15H,5-6,8-9,11-13H2,1-4H3,(H,21,22,25). The molecule has 0 spiro atoms. The quantitative estimate of drug-likeness (QED) is 0.651. The highest BCUT2D eigenvalue weighted by molar-refractivity contribution is 7.89. The minimum absolute atomic E-state index is 0.0539. The number of aromatic nitrogens is 1. The van der Waals surface area contributed by atoms with Gasteiger partial charge in [-0.25, -0.2) is 8.42 Å². The molecule has 1 N–H and O–H groups in total. The Labute approximate surface area is 172 Å². The van der Waals surface area contributed by atoms with Crippen LogP contribution >= 0.6 is 0 Å². The summed E-state index contributed by atoms with van der Waals surface area (Å²) in [6.45, 7) is 7.96. The molecular weight excluding hydrogens is 394 g/mol. The maximum Gasteiger partial charge on any atom is 0.240 e. The highest BCUT2D eigenvalue weighted by atomic mass is 32.2. The highest BCUT2D eigenvalue weighted by Gasteiger charge is 2.65. The van der Waals surface area contributed by atoms with Crippen LogP contribution in [0, 0.1) is 22.7 Å². The summed E-state index contributed by atoms with van der Waals surface area (Å²) in [4.78, 5) is 25.2. The van der Waals surface area contributed by atoms with Crippen molar-refractivity contribution in [3.8, 4) is 0 Å². The molecule has 2 atom stereocenters. The Morgan fingerprint density at radius 3 is 2.66 bits per heavy atom. The number of ketones is 1. The van der Waals surface area contributed by atoms with E-state index in [1.54, 1.807) is 0 Å². The molecule has 3 rings (SSSR count). The molecule has 0 aliphatic heterocycles. The van der Waals surface area contributed by atoms with Crippen LogP contribution in [-0.2, 0) is 19.6 Å². The summed E-state index contributed by atoms with van der Waals surface area (Å²) in [5, 5.41) is 6.17. The zero-order valence-electron chi connectivity index (χ0n) is 17.6. The van der Waals surface area contributed by atoms with Gasteiger partial charge in [0.2, 0.25) is 15.9 Å². The molecule has 1 aromatic rings. The van der Waals surface area contributed by atoms with Gasteiger partial charge in [-0.15, -0.1) is 0 Å². The van der Waals surface area contributed by atoms with Gasteiger partial charge in [0.1, 0.15) is 12.0 Å². The van der Waals surface area contributed by atoms with Crippen molar-refractivity contribution in [3.05, 3.63) is 12.3 Å². The van der Waals surface area contributed by atoms with E-state index in [1.807, 2.05) is 27.7 Å². The number of carbonyl (C=O) groups is 2. The first-order chi connectivity index (χ1) is 13.5. The lowest BCUT2D eigenvalue weighted by Gasteiger charge is -2.37. The third-order valence-corrected chi connectivity index (χ3v) is 8.90. The van der Waals surface area contributed by atoms with Crippen LogP contribution in [-0.4, -0.2) is 48.4 Å². The van der Waals surface area contributed by atoms with E-state index in [2.05, 4.69) is 15.0 Å². The smallest absolute Gasteiger partial charge is 0.240 e. The number of Topliss-reactive ketones (excluding diaryl/α,β-unsaturated/α-hetero) is 1. The van der Waals surface area contributed by atoms with E-state index >= 15 is 0 Å². The van der Waals surface area contributed by atoms with Crippen molar-refractivity contribution in [1.82, 2.24) is 9.46 Å². The molecule has 0 aromatic carbocycles. The Bertz CT molecular complexity index is 863. The van der Waals surface area contributed by atoms with Gasteiger partial charge in [0.25, 0.3) is 0 Å². The number of hydrogen-bond donors (Lipinski definition) is 1. The Hall–Kier alpha value is -1.74. The van der Waals surface area contributed by atoms with E-state index in [-0.39, 0.29) is 47.7 Å². The van der Waals surface area contributed by atoms with Gasteiger partial charge in [-0.2, -0.15) is 4.31 Å². The SMILES string of the molecule is CC(C)CCN(CC(=O)Nc1ccon1)S(=O)(=O)CC12CCC(CC1=O)C2(C)C. The topological polar surface area (TPSA) is 110 Å². The predicted octanol–water partition coefficient (Wildman–Crippen LogP) is 2.69. The summed E-state index contributed by atoms with van der Waals surface area (Å²) in [6.07, 6.45) is 3.90. The van der Waals surface area contributed by atoms with Crippen LogP contribution in [0.15, 0.2) is 16.9 Å². The van der Waals surface area contributed by atoms with Crippen LogP contribution in [0.4, 0.5) is 5.82 Å². The van der Waals surface area contributed by atoms with Crippen LogP contribution in [0.5, 0.6) is 0 Å². The summed E-state index contributed by atoms with van der Waals surface area (Å²) in [6, 6.07) is 1.49. The molecule has 1 amide bonds. The van der Waals surface area contributed by atoms with Crippen molar-refractivity contribution in [3.63, 3.8) is 0 Å². The molecule has 0 saturated heterocycles. The number of sulfonamides is 1. The van der Waals surface area contributed by atoms with Gasteiger partial charge in [0.15, 0.2) is 5.82 Å². The van der Waals surface area contributed by atoms with Crippen LogP contribution in [0.3, 0.4) is 0 Å². The van der Waals surface area contributed by atoms with Crippen LogP contribution in [0.2, 0.25) is 0 Å². The molecule has 1 aromatic heterocycles. The van der Waals surface area contributed by atoms with Gasteiger partial charge < -0.3 is 9.84 Å². The highest BCUT2D eigenvalue weighted by Crippen LogP contribution is 2.64. The molecule has 162 valence electrons. The molecule has 8 nitrogen and oxygen atoms in total. The van der Waals surface area contributed by atoms with Crippen LogP contribution in [0.1, 0.15) is 53.4 Å². The lowest BCUT2D eigenvalue weighted by molar-refractivity contribution is -0.128. The first kappa shape index (κ1) is 22.0. The number of anilines is 1. The van der Waals surface area contributed by atoms with E-state index in [4.69, 9.17) is 0 Å². The minimum Gasteiger partial charge on any atom is -0.363 e. The van der Waals surface area contributed by atoms with Gasteiger partial charge in [0.05, 0.1) is 12.3 Å². The average Bonchev–Trinajstić information content (AvgIpc) is 3.24. The zero-order valence-corrected chi connectivity index (χ0v) is 18.4. The molecule has 2 aliphatic rings. The second-order valence-corrected chi connectivity index (χ2v) is 11.3. The maximum absolute atomic E-state index is 13.4. The minimum atomic E-state index is -3.82. The Kier molecular flexibility index (Phi) is 5.93. The van der Waals surface area contributed by atoms with Gasteiger partial charge in [-0.05, 0) is 36.5 Å². The first-order valence-corrected chi connectivity index (χ1v) is 11.8. The number of nitrogens with zero attached hydrogens (tertiary/aromatic N) is 2. The summed E-state index contributed by atoms with van der Waals surface area (Å²) < 4.78 is 32.7. The molecule has 2 bridgehead atoms. The van der Waals surface area contributed by atoms with Crippen molar-refractivity contribution in [2.75, 3.05) is 24.2 Å². The Balaban J connectivity index is 1.80. The normalized spacial score (nSPS) is 25.9. The zero-order chi connectivity index (χ0) is 21.4. The fourth-order valence-electron chi connectivity index (χ4n) is 4.85. The van der Waals surface area contributed by atoms with Gasteiger partial charge in [0, 0.05) is 24.4 Å². The summed E-state index contributed by atoms with van der Waals surface area (Å²) >= 11 is 0. The summed E-state index contributed by atoms with van der Waals surface area (Å²) in [7, 11) is -3.82. The average molecular weight is 426 g/mol. The van der Waals surface area contributed by atoms with Crippen molar-refractivity contribution in [2.45, 2.75) is 53.4 Å². The fraction of sp³-hybridized carbons (Fsp3) is 0.750. The van der Waals surface area contributed by atoms with E-state index in [0.717, 1.165) is 6.42 Å². The molecule has 2 unspecified atom stereocenters. The Morgan fingerprint density at radius 2 is 2.14 bits per heavy atom. The third kappa shape index (κ3) is 4.12. The summed E-state index contributed by atoms with van der Waals surface area (Å²) in [5.41, 5.74) is -1.20. The number of nitrogens with one attached hydrogen (secondary N) is 1. The monoisotopic (exact) mass is 425 g/mol. The fourth-order valence-corrected chi connectivity index (χ4v) is 7.03. The second-order valence-electron chi connectivity index (χ2n) is 9.37. The van der Waals surface area contributed by atoms with E-state index in [1.165, 1.54) is 16.6 Å². The lowest BCUT2D eigenvalue weighted by atomic mass is 9.70. The maximum atomic E-state index is 13.4. The van der Waals surface area contributed by atoms with E-state index in [9.17, 15) is 18.0 Å². The first-order valence-electron chi connectivity index (χ1n) is 10.2. The van der Waals surface area contributed by atoms with Crippen LogP contribution < -0.4 is 5.32 Å². The van der Waals surface area contributed by atoms with Gasteiger partial charge in [-0.1, -0.05) is 32.9 Å². The number of amides is 1. The third-order valence-electron chi connectivity index (χ3n) is 6.94. The number of rotatable bonds is 9. The van der Waals surface area contributed by atoms with E-state index < -0.39 is 21.3 Å². The van der Waals surface area contributed by atoms with Gasteiger partial charge >= 0.3 is 0 Å². The number of hydrogen-bond acceptors (Lipinski definition) is 6. The molecule has 29 heavy (non-hydrogen) atoms. The number of fused-ring (bicyclic) bond motifs is 2. The van der Waals surface area contributed by atoms with Crippen molar-refractivity contribution >= 4 is 27.5 Å². The molecule has 2 saturated carbocycles. The molecular formula is C20H31N3O5S. The van der Waals surface area contributed by atoms with Crippen molar-refractivity contribution < 1.29 is 22.5 Å². The molecule has 0 radical (unpaired) electrons. The predicted molar refractivity (Wildman–Crippen MR) is 109 cm³/mol. The Morgan fingerprint density at radius 1 is 1.41 bits per heavy atom. The van der Waals surface area contributed by atoms with E-state index in [0.29, 0.717) is 19.3 Å². The second kappa shape index (κ2) is 7.83. The van der Waals surface area contributed by atoms with Crippen molar-refractivity contribution in [2.24, 2.45) is 22.7 Å². The lowest BCUT2D eigenvalue weighted by Crippen LogP contribution is -2.48. The number of carbonyl (C=O) groups excluding carboxylic acids is 2. The van der Waals surface area contributed by atoms with Gasteiger partial charge in [-0.3, -0.25) is 9.59 Å².